The van der Waals surface area contributed by atoms with Crippen molar-refractivity contribution in [3.63, 3.8) is 0 Å². The number of hydrogen-bond donors (Lipinski definition) is 1. The van der Waals surface area contributed by atoms with Crippen LogP contribution in [0.4, 0.5) is 4.39 Å². The van der Waals surface area contributed by atoms with E-state index in [1.807, 2.05) is 18.3 Å². The minimum Gasteiger partial charge on any atom is -0.361 e. The largest absolute Gasteiger partial charge is 0.361 e. The van der Waals surface area contributed by atoms with Gasteiger partial charge in [0.25, 0.3) is 0 Å². The maximum atomic E-state index is 14.3. The molecule has 2 aliphatic carbocycles. The van der Waals surface area contributed by atoms with E-state index in [0.717, 1.165) is 42.0 Å². The number of nitrogens with zero attached hydrogens (tertiary/aromatic N) is 2. The SMILES string of the molecule is C[C@H]1c2oncc2C[C@@]2(C)c3[nH]nc(-c4ccccc4F)c3CC[C@H]12. The molecule has 2 heterocycles. The van der Waals surface area contributed by atoms with Gasteiger partial charge in [-0.3, -0.25) is 5.10 Å². The molecule has 3 atom stereocenters. The van der Waals surface area contributed by atoms with Crippen molar-refractivity contribution in [1.29, 1.82) is 0 Å². The molecular formula is C20H20FN3O. The molecule has 5 heteroatoms. The van der Waals surface area contributed by atoms with E-state index in [4.69, 9.17) is 4.52 Å². The zero-order valence-corrected chi connectivity index (χ0v) is 14.3. The van der Waals surface area contributed by atoms with Crippen LogP contribution in [0.15, 0.2) is 35.0 Å². The van der Waals surface area contributed by atoms with Crippen molar-refractivity contribution in [3.8, 4) is 11.3 Å². The summed E-state index contributed by atoms with van der Waals surface area (Å²) in [5.74, 6) is 1.60. The van der Waals surface area contributed by atoms with Crippen LogP contribution in [0.3, 0.4) is 0 Å². The zero-order chi connectivity index (χ0) is 17.2. The topological polar surface area (TPSA) is 54.7 Å². The summed E-state index contributed by atoms with van der Waals surface area (Å²) in [5, 5.41) is 11.8. The molecule has 0 spiro atoms. The number of hydrogen-bond acceptors (Lipinski definition) is 3. The summed E-state index contributed by atoms with van der Waals surface area (Å²) >= 11 is 0. The first-order chi connectivity index (χ1) is 12.1. The van der Waals surface area contributed by atoms with Crippen LogP contribution < -0.4 is 0 Å². The predicted molar refractivity (Wildman–Crippen MR) is 91.8 cm³/mol. The Kier molecular flexibility index (Phi) is 3.00. The molecule has 5 rings (SSSR count). The maximum absolute atomic E-state index is 14.3. The molecule has 2 aliphatic rings. The average Bonchev–Trinajstić information content (AvgIpc) is 3.22. The Labute approximate surface area is 145 Å². The van der Waals surface area contributed by atoms with Gasteiger partial charge in [0.1, 0.15) is 11.6 Å². The molecular weight excluding hydrogens is 317 g/mol. The smallest absolute Gasteiger partial charge is 0.143 e. The Bertz CT molecular complexity index is 960. The van der Waals surface area contributed by atoms with Crippen LogP contribution in [0.25, 0.3) is 11.3 Å². The van der Waals surface area contributed by atoms with Crippen molar-refractivity contribution < 1.29 is 8.91 Å². The molecule has 2 aromatic heterocycles. The lowest BCUT2D eigenvalue weighted by Gasteiger charge is -2.46. The Morgan fingerprint density at radius 1 is 1.32 bits per heavy atom. The highest BCUT2D eigenvalue weighted by Crippen LogP contribution is 2.54. The molecule has 0 aliphatic heterocycles. The standard InChI is InChI=1S/C20H20FN3O/c1-11-15-8-7-14-17(13-5-3-4-6-16(13)21)23-24-19(14)20(15,2)9-12-10-22-25-18(11)12/h3-6,10-11,15H,7-9H2,1-2H3,(H,23,24)/t11-,15-,20-/m1/s1. The van der Waals surface area contributed by atoms with Gasteiger partial charge in [-0.2, -0.15) is 5.10 Å². The van der Waals surface area contributed by atoms with Gasteiger partial charge in [0, 0.05) is 33.7 Å². The second-order valence-electron chi connectivity index (χ2n) is 7.65. The highest BCUT2D eigenvalue weighted by atomic mass is 19.1. The van der Waals surface area contributed by atoms with Gasteiger partial charge in [0.2, 0.25) is 0 Å². The second-order valence-corrected chi connectivity index (χ2v) is 7.65. The van der Waals surface area contributed by atoms with Crippen molar-refractivity contribution >= 4 is 0 Å². The van der Waals surface area contributed by atoms with E-state index in [9.17, 15) is 4.39 Å². The van der Waals surface area contributed by atoms with Gasteiger partial charge >= 0.3 is 0 Å². The molecule has 1 aromatic carbocycles. The number of nitrogens with one attached hydrogen (secondary N) is 1. The van der Waals surface area contributed by atoms with Crippen LogP contribution in [0, 0.1) is 11.7 Å². The van der Waals surface area contributed by atoms with Crippen LogP contribution in [0.5, 0.6) is 0 Å². The normalized spacial score (nSPS) is 27.5. The average molecular weight is 337 g/mol. The Morgan fingerprint density at radius 2 is 2.16 bits per heavy atom. The van der Waals surface area contributed by atoms with Crippen molar-refractivity contribution in [3.05, 3.63) is 58.9 Å². The third-order valence-electron chi connectivity index (χ3n) is 6.34. The number of aromatic nitrogens is 3. The number of benzene rings is 1. The predicted octanol–water partition coefficient (Wildman–Crippen LogP) is 4.38. The summed E-state index contributed by atoms with van der Waals surface area (Å²) in [6, 6.07) is 6.88. The van der Waals surface area contributed by atoms with Gasteiger partial charge in [-0.05, 0) is 37.3 Å². The molecule has 128 valence electrons. The van der Waals surface area contributed by atoms with Crippen molar-refractivity contribution in [2.24, 2.45) is 5.92 Å². The third-order valence-corrected chi connectivity index (χ3v) is 6.34. The molecule has 0 amide bonds. The van der Waals surface area contributed by atoms with Gasteiger partial charge in [0.05, 0.1) is 11.9 Å². The molecule has 0 saturated heterocycles. The summed E-state index contributed by atoms with van der Waals surface area (Å²) < 4.78 is 19.8. The fourth-order valence-corrected chi connectivity index (χ4v) is 5.14. The van der Waals surface area contributed by atoms with E-state index in [1.165, 1.54) is 11.6 Å². The van der Waals surface area contributed by atoms with Crippen LogP contribution in [0.1, 0.15) is 48.8 Å². The Morgan fingerprint density at radius 3 is 3.00 bits per heavy atom. The highest BCUT2D eigenvalue weighted by Gasteiger charge is 2.50. The first-order valence-corrected chi connectivity index (χ1v) is 8.85. The summed E-state index contributed by atoms with van der Waals surface area (Å²) in [7, 11) is 0. The lowest BCUT2D eigenvalue weighted by atomic mass is 9.56. The summed E-state index contributed by atoms with van der Waals surface area (Å²) in [5.41, 5.74) is 4.79. The minimum absolute atomic E-state index is 0.0535. The fourth-order valence-electron chi connectivity index (χ4n) is 5.14. The van der Waals surface area contributed by atoms with Crippen molar-refractivity contribution in [1.82, 2.24) is 15.4 Å². The minimum atomic E-state index is -0.220. The summed E-state index contributed by atoms with van der Waals surface area (Å²) in [4.78, 5) is 0. The van der Waals surface area contributed by atoms with E-state index in [1.54, 1.807) is 6.07 Å². The number of aromatic amines is 1. The molecule has 4 nitrogen and oxygen atoms in total. The van der Waals surface area contributed by atoms with Gasteiger partial charge in [-0.25, -0.2) is 4.39 Å². The molecule has 0 radical (unpaired) electrons. The van der Waals surface area contributed by atoms with Gasteiger partial charge in [-0.15, -0.1) is 0 Å². The Hall–Kier alpha value is -2.43. The van der Waals surface area contributed by atoms with Crippen molar-refractivity contribution in [2.45, 2.75) is 44.4 Å². The lowest BCUT2D eigenvalue weighted by Crippen LogP contribution is -2.44. The van der Waals surface area contributed by atoms with Crippen molar-refractivity contribution in [2.75, 3.05) is 0 Å². The monoisotopic (exact) mass is 337 g/mol. The van der Waals surface area contributed by atoms with Crippen LogP contribution in [-0.4, -0.2) is 15.4 Å². The van der Waals surface area contributed by atoms with E-state index in [2.05, 4.69) is 29.2 Å². The number of halogens is 1. The van der Waals surface area contributed by atoms with Gasteiger partial charge < -0.3 is 4.52 Å². The molecule has 1 N–H and O–H groups in total. The second kappa shape index (κ2) is 5.04. The zero-order valence-electron chi connectivity index (χ0n) is 14.3. The third kappa shape index (κ3) is 1.92. The number of H-pyrrole nitrogens is 1. The molecule has 25 heavy (non-hydrogen) atoms. The van der Waals surface area contributed by atoms with Crippen LogP contribution in [-0.2, 0) is 18.3 Å². The van der Waals surface area contributed by atoms with Crippen LogP contribution >= 0.6 is 0 Å². The van der Waals surface area contributed by atoms with E-state index in [-0.39, 0.29) is 11.2 Å². The molecule has 0 saturated carbocycles. The number of rotatable bonds is 1. The van der Waals surface area contributed by atoms with Gasteiger partial charge in [-0.1, -0.05) is 31.1 Å². The molecule has 3 aromatic rings. The quantitative estimate of drug-likeness (QED) is 0.717. The van der Waals surface area contributed by atoms with E-state index < -0.39 is 0 Å². The first kappa shape index (κ1) is 14.9. The first-order valence-electron chi connectivity index (χ1n) is 8.85. The summed E-state index contributed by atoms with van der Waals surface area (Å²) in [6.07, 6.45) is 4.68. The van der Waals surface area contributed by atoms with Gasteiger partial charge in [0.15, 0.2) is 0 Å². The van der Waals surface area contributed by atoms with E-state index >= 15 is 0 Å². The molecule has 0 unspecified atom stereocenters. The van der Waals surface area contributed by atoms with E-state index in [0.29, 0.717) is 17.4 Å². The molecule has 0 bridgehead atoms. The maximum Gasteiger partial charge on any atom is 0.143 e. The van der Waals surface area contributed by atoms with Crippen LogP contribution in [0.2, 0.25) is 0 Å². The number of fused-ring (bicyclic) bond motifs is 4. The highest BCUT2D eigenvalue weighted by molar-refractivity contribution is 5.66. The lowest BCUT2D eigenvalue weighted by molar-refractivity contribution is 0.172. The fraction of sp³-hybridized carbons (Fsp3) is 0.400. The molecule has 0 fully saturated rings. The summed E-state index contributed by atoms with van der Waals surface area (Å²) in [6.45, 7) is 4.52. The Balaban J connectivity index is 1.66.